The quantitative estimate of drug-likeness (QED) is 0.0145. The Morgan fingerprint density at radius 1 is 0.676 bits per heavy atom. The SMILES string of the molecule is NC(=O)CC[C@@H]1NC(=O)[C@H](Cc2ccccc2)NC(=O)[C@@H](Cc2ccc(O)cc2)NC(=O)[C@@H](NC(=O)CNC(=O)CNC(=O)CNC(=O)C(Cc2cnc[nH]2)NC[C@@](C=O)(Cc2cnc[nH]2)NC(=O)[C@@H](N)Cc2cnc[nH]2)CSSC[C@@H](C(=O)N2CCC[C@H]2C=O)NC(O)[C@H](CC(N)=O)NC1=O. The molecule has 2 unspecified atom stereocenters. The molecule has 12 amide bonds. The number of carbonyl (C=O) groups is 14. The highest BCUT2D eigenvalue weighted by Gasteiger charge is 2.40. The van der Waals surface area contributed by atoms with Crippen molar-refractivity contribution in [1.82, 2.24) is 93.3 Å². The van der Waals surface area contributed by atoms with Gasteiger partial charge in [-0.25, -0.2) is 15.0 Å². The van der Waals surface area contributed by atoms with Gasteiger partial charge in [0.15, 0.2) is 0 Å². The van der Waals surface area contributed by atoms with Crippen molar-refractivity contribution in [2.24, 2.45) is 17.2 Å². The molecule has 2 fully saturated rings. The number of hydrogen-bond acceptors (Lipinski definition) is 24. The number of nitrogens with zero attached hydrogens (tertiary/aromatic N) is 4. The van der Waals surface area contributed by atoms with Crippen molar-refractivity contribution in [1.29, 1.82) is 0 Å². The number of H-pyrrole nitrogens is 3. The summed E-state index contributed by atoms with van der Waals surface area (Å²) in [6.07, 6.45) is 6.15. The van der Waals surface area contributed by atoms with Crippen molar-refractivity contribution in [2.75, 3.05) is 44.2 Å². The summed E-state index contributed by atoms with van der Waals surface area (Å²) in [5.74, 6) is -11.5. The van der Waals surface area contributed by atoms with Crippen LogP contribution in [0.4, 0.5) is 0 Å². The van der Waals surface area contributed by atoms with Crippen LogP contribution in [0.25, 0.3) is 0 Å². The van der Waals surface area contributed by atoms with Crippen LogP contribution in [0.2, 0.25) is 0 Å². The second-order valence-electron chi connectivity index (χ2n) is 24.2. The number of phenolic OH excluding ortho intramolecular Hbond substituents is 1. The number of aliphatic hydroxyl groups is 1. The summed E-state index contributed by atoms with van der Waals surface area (Å²) in [5.41, 5.74) is 18.0. The molecule has 5 heterocycles. The van der Waals surface area contributed by atoms with E-state index < -0.39 is 176 Å². The average Bonchev–Trinajstić information content (AvgIpc) is 1.20. The predicted octanol–water partition coefficient (Wildman–Crippen LogP) is -6.81. The lowest BCUT2D eigenvalue weighted by Crippen LogP contribution is -2.63. The summed E-state index contributed by atoms with van der Waals surface area (Å²) in [5, 5.41) is 50.4. The molecule has 102 heavy (non-hydrogen) atoms. The van der Waals surface area contributed by atoms with Crippen molar-refractivity contribution >= 4 is 105 Å². The highest BCUT2D eigenvalue weighted by Crippen LogP contribution is 2.26. The Balaban J connectivity index is 1.07. The van der Waals surface area contributed by atoms with Crippen molar-refractivity contribution in [3.63, 3.8) is 0 Å². The van der Waals surface area contributed by atoms with Gasteiger partial charge in [-0.1, -0.05) is 64.1 Å². The Morgan fingerprint density at radius 2 is 1.25 bits per heavy atom. The molecule has 39 heteroatoms. The number of carbonyl (C=O) groups excluding carboxylic acids is 14. The lowest BCUT2D eigenvalue weighted by atomic mass is 9.93. The van der Waals surface area contributed by atoms with Gasteiger partial charge in [-0.2, -0.15) is 0 Å². The van der Waals surface area contributed by atoms with E-state index in [0.717, 1.165) is 21.6 Å². The standard InChI is InChI=1S/C63H83N21O16S2/c64-42(17-37-21-67-32-74-37)55(93)83-63(31-86,20-39-23-69-34-76-39)30-73-44(18-38-22-68-33-75-38)56(94)72-25-53(91)70-24-52(90)71-26-54(92)77-48-28-101-102-29-49(62(100)84-14-4-7-40(84)27-85)82-60(98)47(19-51(66)89)81-57(95)43(12-13-50(65)88)78-58(96)45(15-35-5-2-1-3-6-35)79-59(97)46(80-61(48)99)16-36-8-10-41(87)11-9-36/h1-3,5-6,8-11,21-23,27,31-34,40,42-49,60,73,82,87,98H,4,7,12-20,24-26,28-30,64H2,(H2,65,88)(H2,66,89)(H,67,74)(H,68,75)(H,69,76)(H,70,91)(H,71,90)(H,72,94)(H,77,92)(H,78,96)(H,79,97)(H,80,99)(H,81,95)(H,83,93)/t40-,42-,43-,44?,45-,46+,47-,48-,49-,60?,63+/m0/s1. The number of imidazole rings is 3. The van der Waals surface area contributed by atoms with Crippen LogP contribution in [0.1, 0.15) is 60.3 Å². The molecule has 0 radical (unpaired) electrons. The lowest BCUT2D eigenvalue weighted by molar-refractivity contribution is -0.137. The molecule has 2 aliphatic rings. The van der Waals surface area contributed by atoms with Gasteiger partial charge >= 0.3 is 0 Å². The van der Waals surface area contributed by atoms with E-state index >= 15 is 0 Å². The Kier molecular flexibility index (Phi) is 30.4. The third kappa shape index (κ3) is 25.2. The Bertz CT molecular complexity index is 3670. The molecular weight excluding hydrogens is 1370 g/mol. The zero-order chi connectivity index (χ0) is 73.7. The number of aromatic amines is 3. The molecule has 37 nitrogen and oxygen atoms in total. The smallest absolute Gasteiger partial charge is 0.244 e. The number of aldehydes is 2. The molecular formula is C63H83N21O16S2. The van der Waals surface area contributed by atoms with Crippen molar-refractivity contribution in [3.8, 4) is 5.75 Å². The van der Waals surface area contributed by atoms with Gasteiger partial charge in [0.05, 0.1) is 75.2 Å². The number of aromatic nitrogens is 6. The van der Waals surface area contributed by atoms with Crippen molar-refractivity contribution < 1.29 is 77.3 Å². The summed E-state index contributed by atoms with van der Waals surface area (Å²) < 4.78 is 0. The van der Waals surface area contributed by atoms with E-state index in [9.17, 15) is 77.3 Å². The largest absolute Gasteiger partial charge is 0.508 e. The summed E-state index contributed by atoms with van der Waals surface area (Å²) in [6.45, 7) is -2.43. The van der Waals surface area contributed by atoms with E-state index in [-0.39, 0.29) is 62.4 Å². The monoisotopic (exact) mass is 1450 g/mol. The molecule has 22 N–H and O–H groups in total. The summed E-state index contributed by atoms with van der Waals surface area (Å²) in [6, 6.07) is 1.34. The van der Waals surface area contributed by atoms with E-state index in [1.165, 1.54) is 66.7 Å². The average molecular weight is 1450 g/mol. The lowest BCUT2D eigenvalue weighted by Gasteiger charge is -2.32. The molecule has 3 aromatic heterocycles. The molecule has 11 atom stereocenters. The van der Waals surface area contributed by atoms with E-state index in [4.69, 9.17) is 17.2 Å². The third-order valence-electron chi connectivity index (χ3n) is 16.2. The number of nitrogens with one attached hydrogen (secondary N) is 14. The summed E-state index contributed by atoms with van der Waals surface area (Å²) in [7, 11) is 1.85. The van der Waals surface area contributed by atoms with Crippen molar-refractivity contribution in [2.45, 2.75) is 130 Å². The molecule has 0 bridgehead atoms. The van der Waals surface area contributed by atoms with Gasteiger partial charge in [-0.3, -0.25) is 62.9 Å². The highest BCUT2D eigenvalue weighted by molar-refractivity contribution is 8.76. The summed E-state index contributed by atoms with van der Waals surface area (Å²) in [4.78, 5) is 212. The van der Waals surface area contributed by atoms with Crippen LogP contribution in [0.5, 0.6) is 5.75 Å². The fraction of sp³-hybridized carbons (Fsp3) is 0.444. The first-order valence-electron chi connectivity index (χ1n) is 32.2. The summed E-state index contributed by atoms with van der Waals surface area (Å²) >= 11 is 0. The number of aliphatic hydroxyl groups excluding tert-OH is 1. The fourth-order valence-electron chi connectivity index (χ4n) is 10.8. The van der Waals surface area contributed by atoms with Crippen LogP contribution < -0.4 is 75.7 Å². The number of hydrogen-bond donors (Lipinski definition) is 19. The Morgan fingerprint density at radius 3 is 1.84 bits per heavy atom. The normalized spacial score (nSPS) is 21.3. The van der Waals surface area contributed by atoms with E-state index in [1.807, 2.05) is 0 Å². The van der Waals surface area contributed by atoms with Crippen LogP contribution in [-0.4, -0.2) is 239 Å². The highest BCUT2D eigenvalue weighted by atomic mass is 33.1. The van der Waals surface area contributed by atoms with Gasteiger partial charge < -0.3 is 110 Å². The van der Waals surface area contributed by atoms with Gasteiger partial charge in [0, 0.05) is 98.8 Å². The van der Waals surface area contributed by atoms with Gasteiger partial charge in [0.25, 0.3) is 0 Å². The molecule has 548 valence electrons. The second kappa shape index (κ2) is 39.4. The molecule has 5 aromatic rings. The number of aromatic hydroxyl groups is 1. The number of amides is 12. The van der Waals surface area contributed by atoms with Gasteiger partial charge in [0.2, 0.25) is 70.9 Å². The maximum Gasteiger partial charge on any atom is 0.244 e. The third-order valence-corrected chi connectivity index (χ3v) is 18.7. The van der Waals surface area contributed by atoms with E-state index in [2.05, 4.69) is 88.4 Å². The molecule has 2 aromatic carbocycles. The first-order chi connectivity index (χ1) is 48.9. The zero-order valence-electron chi connectivity index (χ0n) is 55.1. The van der Waals surface area contributed by atoms with E-state index in [0.29, 0.717) is 53.6 Å². The predicted molar refractivity (Wildman–Crippen MR) is 365 cm³/mol. The second-order valence-corrected chi connectivity index (χ2v) is 26.7. The number of nitrogens with two attached hydrogens (primary N) is 3. The van der Waals surface area contributed by atoms with Gasteiger partial charge in [0.1, 0.15) is 54.3 Å². The molecule has 0 saturated carbocycles. The van der Waals surface area contributed by atoms with Crippen molar-refractivity contribution in [3.05, 3.63) is 120 Å². The minimum atomic E-state index is -1.95. The van der Waals surface area contributed by atoms with Crippen LogP contribution >= 0.6 is 21.6 Å². The van der Waals surface area contributed by atoms with Crippen LogP contribution in [0, 0.1) is 0 Å². The number of benzene rings is 2. The van der Waals surface area contributed by atoms with Crippen LogP contribution in [0.3, 0.4) is 0 Å². The topological polar surface area (TPSA) is 579 Å². The first kappa shape index (κ1) is 78.7. The van der Waals surface area contributed by atoms with E-state index in [1.54, 1.807) is 30.3 Å². The Labute approximate surface area is 591 Å². The minimum absolute atomic E-state index is 0.0516. The number of phenols is 1. The minimum Gasteiger partial charge on any atom is -0.508 e. The molecule has 2 saturated heterocycles. The van der Waals surface area contributed by atoms with Crippen LogP contribution in [0.15, 0.2) is 92.2 Å². The number of primary amides is 2. The number of rotatable bonds is 31. The van der Waals surface area contributed by atoms with Crippen LogP contribution in [-0.2, 0) is 99.2 Å². The maximum absolute atomic E-state index is 14.8. The molecule has 0 spiro atoms. The fourth-order valence-corrected chi connectivity index (χ4v) is 13.2. The molecule has 2 aliphatic heterocycles. The maximum atomic E-state index is 14.8. The van der Waals surface area contributed by atoms with Gasteiger partial charge in [-0.05, 0) is 42.5 Å². The first-order valence-corrected chi connectivity index (χ1v) is 34.7. The molecule has 7 rings (SSSR count). The zero-order valence-corrected chi connectivity index (χ0v) is 56.7. The molecule has 0 aliphatic carbocycles. The number of likely N-dealkylation sites (tertiary alicyclic amines) is 1. The van der Waals surface area contributed by atoms with Gasteiger partial charge in [-0.15, -0.1) is 0 Å². The Hall–Kier alpha value is -10.6.